The molecule has 0 fully saturated rings. The van der Waals surface area contributed by atoms with Gasteiger partial charge in [-0.15, -0.1) is 0 Å². The van der Waals surface area contributed by atoms with Crippen molar-refractivity contribution in [3.8, 4) is 28.2 Å². The van der Waals surface area contributed by atoms with Crippen molar-refractivity contribution < 1.29 is 28.6 Å². The number of aromatic nitrogens is 2. The molecule has 38 heavy (non-hydrogen) atoms. The second-order valence-corrected chi connectivity index (χ2v) is 8.63. The third-order valence-corrected chi connectivity index (χ3v) is 6.12. The molecule has 10 nitrogen and oxygen atoms in total. The zero-order valence-electron chi connectivity index (χ0n) is 20.5. The molecule has 0 saturated heterocycles. The fourth-order valence-electron chi connectivity index (χ4n) is 4.07. The number of halogens is 1. The summed E-state index contributed by atoms with van der Waals surface area (Å²) in [5, 5.41) is 12.5. The van der Waals surface area contributed by atoms with Crippen LogP contribution < -0.4 is 15.6 Å². The Labute approximate surface area is 222 Å². The minimum atomic E-state index is -1.19. The van der Waals surface area contributed by atoms with Crippen LogP contribution in [0.1, 0.15) is 22.8 Å². The molecule has 2 N–H and O–H groups in total. The number of para-hydroxylation sites is 1. The molecule has 1 unspecified atom stereocenters. The van der Waals surface area contributed by atoms with Crippen LogP contribution in [0.5, 0.6) is 5.75 Å². The van der Waals surface area contributed by atoms with Gasteiger partial charge in [-0.2, -0.15) is 0 Å². The summed E-state index contributed by atoms with van der Waals surface area (Å²) in [6.45, 7) is 0.166. The minimum absolute atomic E-state index is 0.0764. The van der Waals surface area contributed by atoms with E-state index in [0.717, 1.165) is 0 Å². The highest BCUT2D eigenvalue weighted by atomic mass is 35.5. The Morgan fingerprint density at radius 3 is 2.61 bits per heavy atom. The number of nitrogens with one attached hydrogen (secondary N) is 1. The van der Waals surface area contributed by atoms with Crippen molar-refractivity contribution in [3.05, 3.63) is 88.3 Å². The van der Waals surface area contributed by atoms with Crippen LogP contribution in [0.2, 0.25) is 5.02 Å². The van der Waals surface area contributed by atoms with Gasteiger partial charge in [0.15, 0.2) is 12.2 Å². The van der Waals surface area contributed by atoms with E-state index in [-0.39, 0.29) is 24.3 Å². The molecule has 0 bridgehead atoms. The van der Waals surface area contributed by atoms with Gasteiger partial charge in [-0.1, -0.05) is 23.7 Å². The lowest BCUT2D eigenvalue weighted by Gasteiger charge is -2.22. The van der Waals surface area contributed by atoms with E-state index in [9.17, 15) is 19.5 Å². The van der Waals surface area contributed by atoms with E-state index in [1.54, 1.807) is 36.5 Å². The Morgan fingerprint density at radius 1 is 1.13 bits per heavy atom. The van der Waals surface area contributed by atoms with E-state index < -0.39 is 23.5 Å². The number of hydrogen-bond donors (Lipinski definition) is 2. The van der Waals surface area contributed by atoms with Crippen LogP contribution in [-0.2, 0) is 9.53 Å². The van der Waals surface area contributed by atoms with Crippen molar-refractivity contribution in [3.63, 3.8) is 0 Å². The summed E-state index contributed by atoms with van der Waals surface area (Å²) in [7, 11) is 2.92. The van der Waals surface area contributed by atoms with E-state index >= 15 is 0 Å². The maximum atomic E-state index is 13.4. The highest BCUT2D eigenvalue weighted by Crippen LogP contribution is 2.38. The zero-order valence-corrected chi connectivity index (χ0v) is 21.3. The number of methoxy groups -OCH3 is 2. The molecule has 11 heteroatoms. The normalized spacial score (nSPS) is 11.7. The number of ether oxygens (including phenoxy) is 2. The van der Waals surface area contributed by atoms with Crippen molar-refractivity contribution in [1.82, 2.24) is 9.55 Å². The summed E-state index contributed by atoms with van der Waals surface area (Å²) in [5.41, 5.74) is 1.19. The molecule has 0 aliphatic heterocycles. The van der Waals surface area contributed by atoms with E-state index in [4.69, 9.17) is 25.5 Å². The summed E-state index contributed by atoms with van der Waals surface area (Å²) in [4.78, 5) is 42.3. The van der Waals surface area contributed by atoms with E-state index in [0.29, 0.717) is 33.2 Å². The molecule has 0 aliphatic rings. The van der Waals surface area contributed by atoms with Gasteiger partial charge >= 0.3 is 5.97 Å². The molecule has 2 heterocycles. The van der Waals surface area contributed by atoms with Gasteiger partial charge in [0, 0.05) is 42.4 Å². The van der Waals surface area contributed by atoms with Crippen molar-refractivity contribution in [2.24, 2.45) is 0 Å². The van der Waals surface area contributed by atoms with Gasteiger partial charge < -0.3 is 24.3 Å². The number of pyridine rings is 1. The molecule has 0 radical (unpaired) electrons. The Balaban J connectivity index is 1.79. The van der Waals surface area contributed by atoms with Crippen molar-refractivity contribution in [2.45, 2.75) is 12.5 Å². The van der Waals surface area contributed by atoms with E-state index in [1.807, 2.05) is 0 Å². The number of carboxylic acids is 1. The maximum Gasteiger partial charge on any atom is 0.337 e. The van der Waals surface area contributed by atoms with Gasteiger partial charge in [0.05, 0.1) is 30.8 Å². The summed E-state index contributed by atoms with van der Waals surface area (Å²) < 4.78 is 17.5. The number of carbonyl (C=O) groups excluding carboxylic acids is 1. The quantitative estimate of drug-likeness (QED) is 0.296. The molecule has 1 atom stereocenters. The number of carbonyl (C=O) groups is 2. The number of oxazole rings is 1. The SMILES string of the molecule is COCCC(C(=O)Nc1ccccc1C(=O)O)n1cc(OC)c(-c2cc(Cl)ccc2-c2cnco2)cc1=O. The average molecular weight is 538 g/mol. The molecule has 0 aliphatic carbocycles. The van der Waals surface area contributed by atoms with Crippen LogP contribution in [0.4, 0.5) is 5.69 Å². The first-order chi connectivity index (χ1) is 18.3. The lowest BCUT2D eigenvalue weighted by molar-refractivity contribution is -0.119. The van der Waals surface area contributed by atoms with Crippen LogP contribution in [0.15, 0.2) is 76.5 Å². The Hall–Kier alpha value is -4.41. The van der Waals surface area contributed by atoms with Gasteiger partial charge in [-0.05, 0) is 35.9 Å². The van der Waals surface area contributed by atoms with E-state index in [1.165, 1.54) is 49.6 Å². The molecule has 2 aromatic carbocycles. The van der Waals surface area contributed by atoms with Crippen molar-refractivity contribution in [1.29, 1.82) is 0 Å². The summed E-state index contributed by atoms with van der Waals surface area (Å²) in [5.74, 6) is -1.01. The molecule has 2 aromatic heterocycles. The second-order valence-electron chi connectivity index (χ2n) is 8.19. The predicted molar refractivity (Wildman–Crippen MR) is 141 cm³/mol. The zero-order chi connectivity index (χ0) is 27.2. The molecular formula is C27H24ClN3O7. The number of amides is 1. The lowest BCUT2D eigenvalue weighted by Crippen LogP contribution is -2.34. The first-order valence-electron chi connectivity index (χ1n) is 11.4. The highest BCUT2D eigenvalue weighted by molar-refractivity contribution is 6.31. The third kappa shape index (κ3) is 5.61. The van der Waals surface area contributed by atoms with Gasteiger partial charge in [-0.3, -0.25) is 14.2 Å². The molecule has 1 amide bonds. The summed E-state index contributed by atoms with van der Waals surface area (Å²) in [6.07, 6.45) is 4.41. The number of carboxylic acid groups (broad SMARTS) is 1. The lowest BCUT2D eigenvalue weighted by atomic mass is 9.98. The molecule has 4 rings (SSSR count). The van der Waals surface area contributed by atoms with Crippen LogP contribution >= 0.6 is 11.6 Å². The number of hydrogen-bond acceptors (Lipinski definition) is 7. The summed E-state index contributed by atoms with van der Waals surface area (Å²) in [6, 6.07) is 11.5. The predicted octanol–water partition coefficient (Wildman–Crippen LogP) is 4.75. The second kappa shape index (κ2) is 11.8. The maximum absolute atomic E-state index is 13.4. The van der Waals surface area contributed by atoms with Gasteiger partial charge in [-0.25, -0.2) is 9.78 Å². The topological polar surface area (TPSA) is 133 Å². The van der Waals surface area contributed by atoms with Crippen molar-refractivity contribution in [2.75, 3.05) is 26.1 Å². The van der Waals surface area contributed by atoms with Crippen LogP contribution in [0.3, 0.4) is 0 Å². The van der Waals surface area contributed by atoms with Gasteiger partial charge in [0.1, 0.15) is 11.8 Å². The molecule has 196 valence electrons. The molecular weight excluding hydrogens is 514 g/mol. The van der Waals surface area contributed by atoms with Crippen molar-refractivity contribution >= 4 is 29.2 Å². The standard InChI is InChI=1S/C27H24ClN3O7/c1-36-10-9-22(26(33)30-21-6-4-3-5-18(21)27(34)35)31-14-24(37-2)20(12-25(31)32)19-11-16(28)7-8-17(19)23-13-29-15-38-23/h3-8,11-15,22H,9-10H2,1-2H3,(H,30,33)(H,34,35). The Morgan fingerprint density at radius 2 is 1.92 bits per heavy atom. The molecule has 4 aromatic rings. The number of rotatable bonds is 10. The Kier molecular flexibility index (Phi) is 8.25. The molecule has 0 spiro atoms. The number of anilines is 1. The smallest absolute Gasteiger partial charge is 0.337 e. The van der Waals surface area contributed by atoms with Crippen LogP contribution in [0.25, 0.3) is 22.5 Å². The number of aromatic carboxylic acids is 1. The first kappa shape index (κ1) is 26.6. The highest BCUT2D eigenvalue weighted by Gasteiger charge is 2.25. The van der Waals surface area contributed by atoms with Gasteiger partial charge in [0.2, 0.25) is 5.91 Å². The fourth-order valence-corrected chi connectivity index (χ4v) is 4.24. The van der Waals surface area contributed by atoms with E-state index in [2.05, 4.69) is 10.3 Å². The number of benzene rings is 2. The summed E-state index contributed by atoms with van der Waals surface area (Å²) >= 11 is 6.28. The minimum Gasteiger partial charge on any atom is -0.495 e. The monoisotopic (exact) mass is 537 g/mol. The van der Waals surface area contributed by atoms with Gasteiger partial charge in [0.25, 0.3) is 5.56 Å². The first-order valence-corrected chi connectivity index (χ1v) is 11.8. The third-order valence-electron chi connectivity index (χ3n) is 5.88. The fraction of sp³-hybridized carbons (Fsp3) is 0.185. The molecule has 0 saturated carbocycles. The van der Waals surface area contributed by atoms with Crippen LogP contribution in [0, 0.1) is 0 Å². The van der Waals surface area contributed by atoms with Crippen LogP contribution in [-0.4, -0.2) is 47.4 Å². The Bertz CT molecular complexity index is 1520. The number of nitrogens with zero attached hydrogens (tertiary/aromatic N) is 2. The average Bonchev–Trinajstić information content (AvgIpc) is 3.44. The largest absolute Gasteiger partial charge is 0.495 e.